The number of ether oxygens (including phenoxy) is 1. The van der Waals surface area contributed by atoms with Crippen molar-refractivity contribution in [1.29, 1.82) is 0 Å². The Morgan fingerprint density at radius 1 is 1.16 bits per heavy atom. The van der Waals surface area contributed by atoms with Crippen LogP contribution < -0.4 is 10.5 Å². The molecule has 0 unspecified atom stereocenters. The molecule has 2 N–H and O–H groups in total. The van der Waals surface area contributed by atoms with Crippen LogP contribution in [0.3, 0.4) is 0 Å². The summed E-state index contributed by atoms with van der Waals surface area (Å²) in [6, 6.07) is 7.95. The lowest BCUT2D eigenvalue weighted by Gasteiger charge is -2.31. The Bertz CT molecular complexity index is 840. The Balaban J connectivity index is 1.77. The molecule has 7 heteroatoms. The molecule has 0 saturated heterocycles. The molecule has 1 aliphatic rings. The van der Waals surface area contributed by atoms with Crippen LogP contribution in [0.15, 0.2) is 42.9 Å². The normalized spacial score (nSPS) is 19.4. The first-order valence-electron chi connectivity index (χ1n) is 8.46. The summed E-state index contributed by atoms with van der Waals surface area (Å²) in [5.41, 5.74) is 7.69. The van der Waals surface area contributed by atoms with Crippen LogP contribution in [0.5, 0.6) is 5.75 Å². The van der Waals surface area contributed by atoms with E-state index in [4.69, 9.17) is 10.5 Å². The molecule has 7 nitrogen and oxygen atoms in total. The lowest BCUT2D eigenvalue weighted by molar-refractivity contribution is 0.335. The molecule has 25 heavy (non-hydrogen) atoms. The van der Waals surface area contributed by atoms with Crippen molar-refractivity contribution in [3.8, 4) is 23.0 Å². The first-order chi connectivity index (χ1) is 12.3. The monoisotopic (exact) mass is 336 g/mol. The smallest absolute Gasteiger partial charge is 0.187 e. The van der Waals surface area contributed by atoms with Crippen LogP contribution in [-0.4, -0.2) is 37.4 Å². The van der Waals surface area contributed by atoms with Crippen LogP contribution in [0.4, 0.5) is 0 Å². The molecule has 1 aliphatic carbocycles. The molecule has 0 atom stereocenters. The Morgan fingerprint density at radius 3 is 2.60 bits per heavy atom. The summed E-state index contributed by atoms with van der Waals surface area (Å²) >= 11 is 0. The Labute approximate surface area is 145 Å². The van der Waals surface area contributed by atoms with Gasteiger partial charge in [-0.2, -0.15) is 0 Å². The zero-order valence-corrected chi connectivity index (χ0v) is 14.0. The summed E-state index contributed by atoms with van der Waals surface area (Å²) in [4.78, 5) is 8.60. The second-order valence-electron chi connectivity index (χ2n) is 6.16. The van der Waals surface area contributed by atoms with E-state index < -0.39 is 0 Å². The number of rotatable bonds is 5. The van der Waals surface area contributed by atoms with Crippen molar-refractivity contribution in [1.82, 2.24) is 24.7 Å². The number of aromatic nitrogens is 5. The predicted octanol–water partition coefficient (Wildman–Crippen LogP) is 2.33. The average Bonchev–Trinajstić information content (AvgIpc) is 3.05. The van der Waals surface area contributed by atoms with Crippen molar-refractivity contribution in [2.45, 2.75) is 31.7 Å². The number of nitrogens with two attached hydrogens (primary N) is 1. The molecule has 1 saturated carbocycles. The summed E-state index contributed by atoms with van der Waals surface area (Å²) in [6.07, 6.45) is 7.10. The highest BCUT2D eigenvalue weighted by molar-refractivity contribution is 5.55. The average molecular weight is 336 g/mol. The molecule has 3 aromatic rings. The van der Waals surface area contributed by atoms with E-state index in [1.165, 1.54) is 0 Å². The first kappa shape index (κ1) is 15.7. The fourth-order valence-electron chi connectivity index (χ4n) is 3.11. The quantitative estimate of drug-likeness (QED) is 0.769. The maximum absolute atomic E-state index is 5.96. The van der Waals surface area contributed by atoms with Gasteiger partial charge in [-0.1, -0.05) is 0 Å². The molecule has 128 valence electrons. The molecule has 0 radical (unpaired) electrons. The third kappa shape index (κ3) is 2.98. The zero-order chi connectivity index (χ0) is 17.2. The summed E-state index contributed by atoms with van der Waals surface area (Å²) in [5.74, 6) is 2.71. The fourth-order valence-corrected chi connectivity index (χ4v) is 3.11. The van der Waals surface area contributed by atoms with Gasteiger partial charge in [-0.3, -0.25) is 9.55 Å². The standard InChI is InChI=1S/C18H20N6O/c1-2-25-15-3-4-16(21-11-15)18-23-22-17(12-9-13(19)10-12)24(18)14-5-7-20-8-6-14/h3-8,11-13H,2,9-10,19H2,1H3. The molecule has 0 amide bonds. The van der Waals surface area contributed by atoms with Gasteiger partial charge in [0.05, 0.1) is 18.5 Å². The van der Waals surface area contributed by atoms with E-state index in [1.807, 2.05) is 31.2 Å². The van der Waals surface area contributed by atoms with E-state index in [0.29, 0.717) is 18.3 Å². The van der Waals surface area contributed by atoms with E-state index in [1.54, 1.807) is 18.6 Å². The molecule has 0 bridgehead atoms. The molecule has 1 fully saturated rings. The predicted molar refractivity (Wildman–Crippen MR) is 93.5 cm³/mol. The molecule has 3 heterocycles. The number of nitrogens with zero attached hydrogens (tertiary/aromatic N) is 5. The SMILES string of the molecule is CCOc1ccc(-c2nnc(C3CC(N)C3)n2-c2ccncc2)nc1. The van der Waals surface area contributed by atoms with Gasteiger partial charge in [-0.25, -0.2) is 4.98 Å². The second-order valence-corrected chi connectivity index (χ2v) is 6.16. The van der Waals surface area contributed by atoms with E-state index >= 15 is 0 Å². The van der Waals surface area contributed by atoms with Crippen molar-refractivity contribution in [2.75, 3.05) is 6.61 Å². The summed E-state index contributed by atoms with van der Waals surface area (Å²) in [7, 11) is 0. The van der Waals surface area contributed by atoms with Crippen molar-refractivity contribution in [3.05, 3.63) is 48.7 Å². The maximum atomic E-state index is 5.96. The topological polar surface area (TPSA) is 91.7 Å². The number of hydrogen-bond donors (Lipinski definition) is 1. The molecule has 3 aromatic heterocycles. The van der Waals surface area contributed by atoms with Crippen LogP contribution in [0.1, 0.15) is 31.5 Å². The van der Waals surface area contributed by atoms with Crippen LogP contribution in [0.25, 0.3) is 17.2 Å². The molecule has 4 rings (SSSR count). The highest BCUT2D eigenvalue weighted by atomic mass is 16.5. The highest BCUT2D eigenvalue weighted by Crippen LogP contribution is 2.37. The van der Waals surface area contributed by atoms with Gasteiger partial charge in [0.1, 0.15) is 17.3 Å². The van der Waals surface area contributed by atoms with Gasteiger partial charge in [-0.15, -0.1) is 10.2 Å². The first-order valence-corrected chi connectivity index (χ1v) is 8.46. The second kappa shape index (κ2) is 6.60. The van der Waals surface area contributed by atoms with E-state index in [9.17, 15) is 0 Å². The molecule has 0 aromatic carbocycles. The minimum Gasteiger partial charge on any atom is -0.492 e. The maximum Gasteiger partial charge on any atom is 0.187 e. The molecular weight excluding hydrogens is 316 g/mol. The Hall–Kier alpha value is -2.80. The molecular formula is C18H20N6O. The number of pyridine rings is 2. The van der Waals surface area contributed by atoms with Crippen molar-refractivity contribution < 1.29 is 4.74 Å². The lowest BCUT2D eigenvalue weighted by atomic mass is 9.80. The van der Waals surface area contributed by atoms with Crippen molar-refractivity contribution in [3.63, 3.8) is 0 Å². The van der Waals surface area contributed by atoms with Gasteiger partial charge in [0.15, 0.2) is 5.82 Å². The Morgan fingerprint density at radius 2 is 1.96 bits per heavy atom. The third-order valence-electron chi connectivity index (χ3n) is 4.43. The summed E-state index contributed by atoms with van der Waals surface area (Å²) < 4.78 is 7.52. The van der Waals surface area contributed by atoms with E-state index in [-0.39, 0.29) is 6.04 Å². The molecule has 0 aliphatic heterocycles. The van der Waals surface area contributed by atoms with Crippen LogP contribution in [0, 0.1) is 0 Å². The van der Waals surface area contributed by atoms with Gasteiger partial charge in [-0.05, 0) is 44.0 Å². The largest absolute Gasteiger partial charge is 0.492 e. The minimum absolute atomic E-state index is 0.250. The van der Waals surface area contributed by atoms with Gasteiger partial charge in [0, 0.05) is 24.4 Å². The fraction of sp³-hybridized carbons (Fsp3) is 0.333. The summed E-state index contributed by atoms with van der Waals surface area (Å²) in [5, 5.41) is 8.86. The lowest BCUT2D eigenvalue weighted by Crippen LogP contribution is -2.36. The van der Waals surface area contributed by atoms with Gasteiger partial charge in [0.2, 0.25) is 0 Å². The van der Waals surface area contributed by atoms with Gasteiger partial charge in [0.25, 0.3) is 0 Å². The van der Waals surface area contributed by atoms with Crippen LogP contribution in [-0.2, 0) is 0 Å². The van der Waals surface area contributed by atoms with Crippen molar-refractivity contribution >= 4 is 0 Å². The zero-order valence-electron chi connectivity index (χ0n) is 14.0. The molecule has 0 spiro atoms. The van der Waals surface area contributed by atoms with Crippen LogP contribution >= 0.6 is 0 Å². The van der Waals surface area contributed by atoms with Gasteiger partial charge >= 0.3 is 0 Å². The highest BCUT2D eigenvalue weighted by Gasteiger charge is 2.33. The van der Waals surface area contributed by atoms with E-state index in [0.717, 1.165) is 35.8 Å². The Kier molecular flexibility index (Phi) is 4.15. The summed E-state index contributed by atoms with van der Waals surface area (Å²) in [6.45, 7) is 2.56. The van der Waals surface area contributed by atoms with Crippen LogP contribution in [0.2, 0.25) is 0 Å². The van der Waals surface area contributed by atoms with Gasteiger partial charge < -0.3 is 10.5 Å². The van der Waals surface area contributed by atoms with E-state index in [2.05, 4.69) is 24.7 Å². The number of hydrogen-bond acceptors (Lipinski definition) is 6. The third-order valence-corrected chi connectivity index (χ3v) is 4.43. The van der Waals surface area contributed by atoms with Crippen molar-refractivity contribution in [2.24, 2.45) is 5.73 Å². The minimum atomic E-state index is 0.250.